The molecule has 2 N–H and O–H groups in total. The lowest BCUT2D eigenvalue weighted by atomic mass is 10.1. The summed E-state index contributed by atoms with van der Waals surface area (Å²) in [6.45, 7) is 9.29. The molecule has 1 aliphatic heterocycles. The highest BCUT2D eigenvalue weighted by molar-refractivity contribution is 14.0. The number of hydrogen-bond acceptors (Lipinski definition) is 4. The van der Waals surface area contributed by atoms with Crippen molar-refractivity contribution >= 4 is 29.9 Å². The van der Waals surface area contributed by atoms with Crippen molar-refractivity contribution in [3.05, 3.63) is 18.0 Å². The molecule has 1 fully saturated rings. The molecule has 0 amide bonds. The standard InChI is InChI=1S/C15H27N5O.HI/c1-3-8-20-9-5-13(6-10-20)18-15(16-4-2)17-12-14-7-11-21-19-14;/h7,11,13H,3-6,8-10,12H2,1-2H3,(H2,16,17,18);1H. The first-order chi connectivity index (χ1) is 10.3. The third kappa shape index (κ3) is 6.51. The summed E-state index contributed by atoms with van der Waals surface area (Å²) in [5.74, 6) is 0.870. The molecule has 0 aromatic carbocycles. The van der Waals surface area contributed by atoms with Gasteiger partial charge in [0.2, 0.25) is 0 Å². The number of likely N-dealkylation sites (tertiary alicyclic amines) is 1. The van der Waals surface area contributed by atoms with E-state index in [9.17, 15) is 0 Å². The Hall–Kier alpha value is -0.830. The molecule has 22 heavy (non-hydrogen) atoms. The van der Waals surface area contributed by atoms with Crippen molar-refractivity contribution < 1.29 is 4.52 Å². The van der Waals surface area contributed by atoms with Gasteiger partial charge in [0.1, 0.15) is 12.0 Å². The van der Waals surface area contributed by atoms with Gasteiger partial charge in [0.15, 0.2) is 5.96 Å². The van der Waals surface area contributed by atoms with Crippen LogP contribution in [-0.4, -0.2) is 48.2 Å². The van der Waals surface area contributed by atoms with Crippen LogP contribution in [0.15, 0.2) is 21.8 Å². The van der Waals surface area contributed by atoms with Gasteiger partial charge < -0.3 is 20.1 Å². The number of halogens is 1. The summed E-state index contributed by atoms with van der Waals surface area (Å²) < 4.78 is 4.83. The zero-order valence-electron chi connectivity index (χ0n) is 13.5. The molecule has 1 saturated heterocycles. The van der Waals surface area contributed by atoms with Gasteiger partial charge in [-0.2, -0.15) is 0 Å². The molecule has 0 unspecified atom stereocenters. The van der Waals surface area contributed by atoms with E-state index >= 15 is 0 Å². The first-order valence-corrected chi connectivity index (χ1v) is 7.98. The largest absolute Gasteiger partial charge is 0.364 e. The van der Waals surface area contributed by atoms with Gasteiger partial charge in [-0.1, -0.05) is 12.1 Å². The molecule has 0 saturated carbocycles. The maximum Gasteiger partial charge on any atom is 0.191 e. The van der Waals surface area contributed by atoms with Gasteiger partial charge in [0.05, 0.1) is 6.54 Å². The van der Waals surface area contributed by atoms with Gasteiger partial charge in [-0.25, -0.2) is 4.99 Å². The van der Waals surface area contributed by atoms with Crippen LogP contribution in [0.25, 0.3) is 0 Å². The number of hydrogen-bond donors (Lipinski definition) is 2. The van der Waals surface area contributed by atoms with Gasteiger partial charge in [0, 0.05) is 31.7 Å². The quantitative estimate of drug-likeness (QED) is 0.419. The third-order valence-electron chi connectivity index (χ3n) is 3.70. The van der Waals surface area contributed by atoms with E-state index in [4.69, 9.17) is 4.52 Å². The van der Waals surface area contributed by atoms with Gasteiger partial charge in [-0.05, 0) is 32.7 Å². The minimum Gasteiger partial charge on any atom is -0.364 e. The van der Waals surface area contributed by atoms with E-state index < -0.39 is 0 Å². The van der Waals surface area contributed by atoms with E-state index in [0.717, 1.165) is 18.2 Å². The Balaban J connectivity index is 0.00000242. The second-order valence-electron chi connectivity index (χ2n) is 5.45. The fourth-order valence-corrected chi connectivity index (χ4v) is 2.61. The zero-order chi connectivity index (χ0) is 14.9. The molecular weight excluding hydrogens is 393 g/mol. The average Bonchev–Trinajstić information content (AvgIpc) is 3.01. The molecule has 7 heteroatoms. The molecule has 0 radical (unpaired) electrons. The first-order valence-electron chi connectivity index (χ1n) is 7.98. The van der Waals surface area contributed by atoms with Gasteiger partial charge >= 0.3 is 0 Å². The maximum atomic E-state index is 4.83. The van der Waals surface area contributed by atoms with Crippen LogP contribution in [0.2, 0.25) is 0 Å². The van der Waals surface area contributed by atoms with Crippen LogP contribution < -0.4 is 10.6 Å². The molecule has 0 bridgehead atoms. The number of piperidine rings is 1. The predicted molar refractivity (Wildman–Crippen MR) is 99.6 cm³/mol. The fraction of sp³-hybridized carbons (Fsp3) is 0.733. The first kappa shape index (κ1) is 19.2. The van der Waals surface area contributed by atoms with Gasteiger partial charge in [-0.3, -0.25) is 0 Å². The lowest BCUT2D eigenvalue weighted by Crippen LogP contribution is -2.48. The maximum absolute atomic E-state index is 4.83. The summed E-state index contributed by atoms with van der Waals surface area (Å²) in [5.41, 5.74) is 0.852. The second kappa shape index (κ2) is 10.8. The second-order valence-corrected chi connectivity index (χ2v) is 5.45. The topological polar surface area (TPSA) is 65.7 Å². The van der Waals surface area contributed by atoms with E-state index in [0.29, 0.717) is 12.6 Å². The van der Waals surface area contributed by atoms with Crippen molar-refractivity contribution in [3.8, 4) is 0 Å². The minimum absolute atomic E-state index is 0. The van der Waals surface area contributed by atoms with Crippen LogP contribution in [0.4, 0.5) is 0 Å². The molecule has 0 atom stereocenters. The van der Waals surface area contributed by atoms with E-state index in [-0.39, 0.29) is 24.0 Å². The highest BCUT2D eigenvalue weighted by atomic mass is 127. The lowest BCUT2D eigenvalue weighted by molar-refractivity contribution is 0.206. The van der Waals surface area contributed by atoms with Crippen molar-refractivity contribution in [1.29, 1.82) is 0 Å². The summed E-state index contributed by atoms with van der Waals surface area (Å²) in [7, 11) is 0. The lowest BCUT2D eigenvalue weighted by Gasteiger charge is -2.32. The average molecular weight is 421 g/mol. The molecule has 2 rings (SSSR count). The highest BCUT2D eigenvalue weighted by Crippen LogP contribution is 2.10. The molecule has 126 valence electrons. The van der Waals surface area contributed by atoms with Crippen LogP contribution in [0.3, 0.4) is 0 Å². The molecule has 6 nitrogen and oxygen atoms in total. The van der Waals surface area contributed by atoms with Crippen LogP contribution in [0.5, 0.6) is 0 Å². The Morgan fingerprint density at radius 2 is 2.18 bits per heavy atom. The molecule has 0 spiro atoms. The Morgan fingerprint density at radius 3 is 2.77 bits per heavy atom. The van der Waals surface area contributed by atoms with Crippen molar-refractivity contribution in [3.63, 3.8) is 0 Å². The van der Waals surface area contributed by atoms with Crippen molar-refractivity contribution in [2.24, 2.45) is 4.99 Å². The summed E-state index contributed by atoms with van der Waals surface area (Å²) >= 11 is 0. The Morgan fingerprint density at radius 1 is 1.41 bits per heavy atom. The van der Waals surface area contributed by atoms with E-state index in [2.05, 4.69) is 39.5 Å². The number of rotatable bonds is 6. The van der Waals surface area contributed by atoms with E-state index in [1.54, 1.807) is 6.26 Å². The summed E-state index contributed by atoms with van der Waals surface area (Å²) in [6.07, 6.45) is 5.16. The molecule has 1 aromatic rings. The van der Waals surface area contributed by atoms with Crippen molar-refractivity contribution in [1.82, 2.24) is 20.7 Å². The van der Waals surface area contributed by atoms with Crippen LogP contribution in [0.1, 0.15) is 38.8 Å². The van der Waals surface area contributed by atoms with Crippen LogP contribution in [-0.2, 0) is 6.54 Å². The Bertz CT molecular complexity index is 416. The smallest absolute Gasteiger partial charge is 0.191 e. The minimum atomic E-state index is 0. The van der Waals surface area contributed by atoms with Gasteiger partial charge in [0.25, 0.3) is 0 Å². The van der Waals surface area contributed by atoms with Crippen LogP contribution >= 0.6 is 24.0 Å². The molecule has 1 aliphatic rings. The third-order valence-corrected chi connectivity index (χ3v) is 3.70. The number of aromatic nitrogens is 1. The number of aliphatic imine (C=N–C) groups is 1. The van der Waals surface area contributed by atoms with Crippen LogP contribution in [0, 0.1) is 0 Å². The van der Waals surface area contributed by atoms with E-state index in [1.165, 1.54) is 38.9 Å². The molecule has 1 aromatic heterocycles. The molecule has 0 aliphatic carbocycles. The monoisotopic (exact) mass is 421 g/mol. The summed E-state index contributed by atoms with van der Waals surface area (Å²) in [4.78, 5) is 7.10. The molecular formula is C15H28IN5O. The Labute approximate surface area is 150 Å². The zero-order valence-corrected chi connectivity index (χ0v) is 15.9. The van der Waals surface area contributed by atoms with Crippen molar-refractivity contribution in [2.75, 3.05) is 26.2 Å². The normalized spacial score (nSPS) is 17.1. The summed E-state index contributed by atoms with van der Waals surface area (Å²) in [6, 6.07) is 2.35. The Kier molecular flexibility index (Phi) is 9.45. The number of guanidine groups is 1. The van der Waals surface area contributed by atoms with E-state index in [1.807, 2.05) is 6.07 Å². The highest BCUT2D eigenvalue weighted by Gasteiger charge is 2.19. The molecule has 2 heterocycles. The SMILES string of the molecule is CCCN1CCC(NC(=NCc2ccon2)NCC)CC1.I. The number of nitrogens with one attached hydrogen (secondary N) is 2. The number of nitrogens with zero attached hydrogens (tertiary/aromatic N) is 3. The van der Waals surface area contributed by atoms with Gasteiger partial charge in [-0.15, -0.1) is 24.0 Å². The van der Waals surface area contributed by atoms with Crippen molar-refractivity contribution in [2.45, 2.75) is 45.7 Å². The summed E-state index contributed by atoms with van der Waals surface area (Å²) in [5, 5.41) is 10.7. The predicted octanol–water partition coefficient (Wildman–Crippen LogP) is 2.22. The fourth-order valence-electron chi connectivity index (χ4n) is 2.61.